The Morgan fingerprint density at radius 3 is 2.48 bits per heavy atom. The lowest BCUT2D eigenvalue weighted by molar-refractivity contribution is 0.0773. The van der Waals surface area contributed by atoms with E-state index < -0.39 is 0 Å². The van der Waals surface area contributed by atoms with Crippen LogP contribution < -0.4 is 4.74 Å². The number of fused-ring (bicyclic) bond motifs is 1. The number of carbonyl (C=O) groups is 1. The molecule has 29 heavy (non-hydrogen) atoms. The van der Waals surface area contributed by atoms with Crippen molar-refractivity contribution in [1.82, 2.24) is 14.5 Å². The van der Waals surface area contributed by atoms with Crippen LogP contribution >= 0.6 is 0 Å². The maximum absolute atomic E-state index is 12.7. The number of hydrogen-bond donors (Lipinski definition) is 0. The third-order valence-corrected chi connectivity index (χ3v) is 5.03. The summed E-state index contributed by atoms with van der Waals surface area (Å²) in [6.07, 6.45) is 2.58. The molecule has 0 radical (unpaired) electrons. The molecule has 0 bridgehead atoms. The number of benzene rings is 2. The number of aromatic nitrogens is 2. The molecule has 0 unspecified atom stereocenters. The van der Waals surface area contributed by atoms with Gasteiger partial charge in [-0.25, -0.2) is 4.98 Å². The molecule has 5 heteroatoms. The van der Waals surface area contributed by atoms with Crippen LogP contribution in [0.2, 0.25) is 0 Å². The molecule has 0 aliphatic heterocycles. The smallest absolute Gasteiger partial charge is 0.253 e. The van der Waals surface area contributed by atoms with Crippen LogP contribution in [0.1, 0.15) is 42.5 Å². The van der Waals surface area contributed by atoms with E-state index in [9.17, 15) is 4.79 Å². The van der Waals surface area contributed by atoms with Gasteiger partial charge in [0.15, 0.2) is 0 Å². The molecule has 0 spiro atoms. The maximum atomic E-state index is 12.7. The Hall–Kier alpha value is -3.08. The van der Waals surface area contributed by atoms with Crippen molar-refractivity contribution in [3.8, 4) is 5.75 Å². The topological polar surface area (TPSA) is 47.4 Å². The summed E-state index contributed by atoms with van der Waals surface area (Å²) in [4.78, 5) is 19.4. The Labute approximate surface area is 172 Å². The molecule has 0 saturated heterocycles. The fraction of sp³-hybridized carbons (Fsp3) is 0.333. The van der Waals surface area contributed by atoms with Gasteiger partial charge in [0.2, 0.25) is 0 Å². The van der Waals surface area contributed by atoms with Gasteiger partial charge in [-0.15, -0.1) is 6.58 Å². The number of carbonyl (C=O) groups excluding carboxylic acids is 1. The largest absolute Gasteiger partial charge is 0.494 e. The summed E-state index contributed by atoms with van der Waals surface area (Å²) in [6, 6.07) is 13.9. The lowest BCUT2D eigenvalue weighted by Crippen LogP contribution is -2.30. The summed E-state index contributed by atoms with van der Waals surface area (Å²) in [6.45, 7) is 12.6. The second-order valence-electron chi connectivity index (χ2n) is 6.86. The Morgan fingerprint density at radius 1 is 1.14 bits per heavy atom. The summed E-state index contributed by atoms with van der Waals surface area (Å²) in [7, 11) is 0. The van der Waals surface area contributed by atoms with Crippen LogP contribution in [0.4, 0.5) is 0 Å². The molecule has 5 nitrogen and oxygen atoms in total. The first-order valence-corrected chi connectivity index (χ1v) is 10.2. The van der Waals surface area contributed by atoms with E-state index >= 15 is 0 Å². The van der Waals surface area contributed by atoms with Gasteiger partial charge in [-0.2, -0.15) is 0 Å². The predicted octanol–water partition coefficient (Wildman–Crippen LogP) is 4.69. The van der Waals surface area contributed by atoms with E-state index in [4.69, 9.17) is 9.72 Å². The van der Waals surface area contributed by atoms with E-state index in [0.717, 1.165) is 28.2 Å². The van der Waals surface area contributed by atoms with Gasteiger partial charge in [-0.3, -0.25) is 4.79 Å². The van der Waals surface area contributed by atoms with Crippen LogP contribution in [0, 0.1) is 0 Å². The van der Waals surface area contributed by atoms with Crippen molar-refractivity contribution in [3.63, 3.8) is 0 Å². The molecule has 2 aromatic carbocycles. The van der Waals surface area contributed by atoms with Crippen molar-refractivity contribution in [2.45, 2.75) is 33.7 Å². The molecular weight excluding hydrogens is 362 g/mol. The second-order valence-corrected chi connectivity index (χ2v) is 6.86. The van der Waals surface area contributed by atoms with E-state index in [1.54, 1.807) is 0 Å². The van der Waals surface area contributed by atoms with Crippen LogP contribution in [0.5, 0.6) is 5.75 Å². The maximum Gasteiger partial charge on any atom is 0.253 e. The van der Waals surface area contributed by atoms with Crippen molar-refractivity contribution in [1.29, 1.82) is 0 Å². The van der Waals surface area contributed by atoms with E-state index in [1.807, 2.05) is 62.1 Å². The first kappa shape index (κ1) is 20.6. The van der Waals surface area contributed by atoms with E-state index in [1.165, 1.54) is 0 Å². The lowest BCUT2D eigenvalue weighted by Gasteiger charge is -2.18. The third-order valence-electron chi connectivity index (χ3n) is 5.03. The molecule has 1 amide bonds. The highest BCUT2D eigenvalue weighted by atomic mass is 16.5. The minimum absolute atomic E-state index is 0.0447. The average Bonchev–Trinajstić information content (AvgIpc) is 3.07. The molecule has 0 aliphatic carbocycles. The van der Waals surface area contributed by atoms with Crippen molar-refractivity contribution >= 4 is 16.9 Å². The zero-order chi connectivity index (χ0) is 20.8. The minimum atomic E-state index is 0.0447. The first-order chi connectivity index (χ1) is 14.1. The number of amides is 1. The van der Waals surface area contributed by atoms with Gasteiger partial charge in [-0.1, -0.05) is 18.2 Å². The van der Waals surface area contributed by atoms with Crippen LogP contribution in [-0.4, -0.2) is 40.1 Å². The molecule has 3 rings (SSSR count). The van der Waals surface area contributed by atoms with Crippen molar-refractivity contribution in [2.75, 3.05) is 19.7 Å². The monoisotopic (exact) mass is 391 g/mol. The molecule has 0 atom stereocenters. The summed E-state index contributed by atoms with van der Waals surface area (Å²) in [5.41, 5.74) is 3.69. The molecule has 152 valence electrons. The normalized spacial score (nSPS) is 10.9. The van der Waals surface area contributed by atoms with Crippen LogP contribution in [-0.2, 0) is 13.0 Å². The first-order valence-electron chi connectivity index (χ1n) is 10.2. The Morgan fingerprint density at radius 2 is 1.86 bits per heavy atom. The molecule has 0 fully saturated rings. The van der Waals surface area contributed by atoms with Gasteiger partial charge >= 0.3 is 0 Å². The van der Waals surface area contributed by atoms with Gasteiger partial charge in [-0.05, 0) is 56.7 Å². The van der Waals surface area contributed by atoms with Crippen LogP contribution in [0.25, 0.3) is 11.0 Å². The van der Waals surface area contributed by atoms with Gasteiger partial charge in [0.1, 0.15) is 11.6 Å². The molecule has 1 heterocycles. The SMILES string of the molecule is C=CCn1c(Cc2ccc(OCC)cc2)nc2cc(C(=O)N(CC)CC)ccc21. The standard InChI is InChI=1S/C24H29N3O2/c1-5-15-27-22-14-11-19(24(28)26(6-2)7-3)17-21(22)25-23(27)16-18-9-12-20(13-10-18)29-8-4/h5,9-14,17H,1,6-8,15-16H2,2-4H3. The number of rotatable bonds is 9. The summed E-state index contributed by atoms with van der Waals surface area (Å²) < 4.78 is 7.68. The quantitative estimate of drug-likeness (QED) is 0.497. The summed E-state index contributed by atoms with van der Waals surface area (Å²) >= 11 is 0. The van der Waals surface area contributed by atoms with Crippen molar-refractivity contribution in [3.05, 3.63) is 72.1 Å². The van der Waals surface area contributed by atoms with Crippen LogP contribution in [0.3, 0.4) is 0 Å². The van der Waals surface area contributed by atoms with Crippen molar-refractivity contribution < 1.29 is 9.53 Å². The number of ether oxygens (including phenoxy) is 1. The molecule has 0 aliphatic rings. The van der Waals surface area contributed by atoms with Crippen LogP contribution in [0.15, 0.2) is 55.1 Å². The number of allylic oxidation sites excluding steroid dienone is 1. The molecule has 0 N–H and O–H groups in total. The van der Waals surface area contributed by atoms with Gasteiger partial charge in [0.05, 0.1) is 17.6 Å². The van der Waals surface area contributed by atoms with Gasteiger partial charge in [0.25, 0.3) is 5.91 Å². The highest BCUT2D eigenvalue weighted by Gasteiger charge is 2.16. The predicted molar refractivity (Wildman–Crippen MR) is 118 cm³/mol. The number of nitrogens with zero attached hydrogens (tertiary/aromatic N) is 3. The fourth-order valence-electron chi connectivity index (χ4n) is 3.53. The summed E-state index contributed by atoms with van der Waals surface area (Å²) in [5, 5.41) is 0. The Balaban J connectivity index is 1.95. The average molecular weight is 392 g/mol. The summed E-state index contributed by atoms with van der Waals surface area (Å²) in [5.74, 6) is 1.87. The van der Waals surface area contributed by atoms with Gasteiger partial charge in [0, 0.05) is 31.6 Å². The second kappa shape index (κ2) is 9.41. The number of imidazole rings is 1. The zero-order valence-corrected chi connectivity index (χ0v) is 17.5. The highest BCUT2D eigenvalue weighted by Crippen LogP contribution is 2.22. The van der Waals surface area contributed by atoms with Gasteiger partial charge < -0.3 is 14.2 Å². The zero-order valence-electron chi connectivity index (χ0n) is 17.5. The van der Waals surface area contributed by atoms with Crippen molar-refractivity contribution in [2.24, 2.45) is 0 Å². The molecule has 0 saturated carbocycles. The molecule has 1 aromatic heterocycles. The van der Waals surface area contributed by atoms with E-state index in [0.29, 0.717) is 38.2 Å². The third kappa shape index (κ3) is 4.50. The highest BCUT2D eigenvalue weighted by molar-refractivity contribution is 5.97. The lowest BCUT2D eigenvalue weighted by atomic mass is 10.1. The number of hydrogen-bond acceptors (Lipinski definition) is 3. The van der Waals surface area contributed by atoms with E-state index in [-0.39, 0.29) is 5.91 Å². The van der Waals surface area contributed by atoms with E-state index in [2.05, 4.69) is 23.3 Å². The fourth-order valence-corrected chi connectivity index (χ4v) is 3.53. The minimum Gasteiger partial charge on any atom is -0.494 e. The molecule has 3 aromatic rings. The molecular formula is C24H29N3O2. The Bertz CT molecular complexity index is 985. The Kier molecular flexibility index (Phi) is 6.70.